The molecule has 4 N–H and O–H groups in total. The van der Waals surface area contributed by atoms with E-state index in [1.54, 1.807) is 18.2 Å². The third-order valence-electron chi connectivity index (χ3n) is 2.56. The first-order valence-corrected chi connectivity index (χ1v) is 7.12. The summed E-state index contributed by atoms with van der Waals surface area (Å²) < 4.78 is 0. The standard InChI is InChI=1S/C14H17Cl2N5/c1-14(2,3)21-13-11(17)12(18-7-19-13)20-10-5-4-8(15)6-9(10)16/h4-7H,17H2,1-3H3,(H2,18,19,20,21). The molecule has 0 amide bonds. The molecule has 2 aromatic rings. The summed E-state index contributed by atoms with van der Waals surface area (Å²) in [6, 6.07) is 5.15. The minimum absolute atomic E-state index is 0.155. The molecule has 0 aliphatic rings. The van der Waals surface area contributed by atoms with Crippen molar-refractivity contribution in [2.24, 2.45) is 0 Å². The van der Waals surface area contributed by atoms with Gasteiger partial charge in [-0.25, -0.2) is 9.97 Å². The zero-order valence-electron chi connectivity index (χ0n) is 12.0. The van der Waals surface area contributed by atoms with Gasteiger partial charge in [-0.1, -0.05) is 23.2 Å². The van der Waals surface area contributed by atoms with E-state index in [0.717, 1.165) is 0 Å². The lowest BCUT2D eigenvalue weighted by Gasteiger charge is -2.23. The lowest BCUT2D eigenvalue weighted by Crippen LogP contribution is -2.27. The van der Waals surface area contributed by atoms with Crippen LogP contribution in [-0.4, -0.2) is 15.5 Å². The first-order chi connectivity index (χ1) is 9.76. The quantitative estimate of drug-likeness (QED) is 0.783. The molecule has 0 fully saturated rings. The molecule has 0 bridgehead atoms. The van der Waals surface area contributed by atoms with Gasteiger partial charge in [0, 0.05) is 10.6 Å². The molecule has 0 spiro atoms. The number of hydrogen-bond donors (Lipinski definition) is 3. The van der Waals surface area contributed by atoms with E-state index >= 15 is 0 Å². The molecule has 0 unspecified atom stereocenters. The third-order valence-corrected chi connectivity index (χ3v) is 3.11. The van der Waals surface area contributed by atoms with Crippen LogP contribution in [0.3, 0.4) is 0 Å². The Balaban J connectivity index is 2.30. The van der Waals surface area contributed by atoms with Crippen molar-refractivity contribution in [3.63, 3.8) is 0 Å². The molecule has 0 radical (unpaired) electrons. The maximum atomic E-state index is 6.13. The highest BCUT2D eigenvalue weighted by Crippen LogP contribution is 2.31. The van der Waals surface area contributed by atoms with Gasteiger partial charge in [0.1, 0.15) is 12.0 Å². The molecule has 0 saturated carbocycles. The van der Waals surface area contributed by atoms with Gasteiger partial charge in [-0.05, 0) is 39.0 Å². The first kappa shape index (κ1) is 15.7. The van der Waals surface area contributed by atoms with Crippen molar-refractivity contribution in [3.8, 4) is 0 Å². The number of anilines is 4. The van der Waals surface area contributed by atoms with Crippen LogP contribution in [0.5, 0.6) is 0 Å². The molecule has 21 heavy (non-hydrogen) atoms. The maximum Gasteiger partial charge on any atom is 0.159 e. The Morgan fingerprint density at radius 2 is 1.76 bits per heavy atom. The van der Waals surface area contributed by atoms with Gasteiger partial charge in [0.25, 0.3) is 0 Å². The minimum atomic E-state index is -0.155. The summed E-state index contributed by atoms with van der Waals surface area (Å²) in [5, 5.41) is 7.37. The van der Waals surface area contributed by atoms with E-state index in [0.29, 0.717) is 33.1 Å². The molecule has 0 atom stereocenters. The predicted molar refractivity (Wildman–Crippen MR) is 89.6 cm³/mol. The summed E-state index contributed by atoms with van der Waals surface area (Å²) >= 11 is 12.0. The number of nitrogens with two attached hydrogens (primary N) is 1. The van der Waals surface area contributed by atoms with Gasteiger partial charge >= 0.3 is 0 Å². The smallest absolute Gasteiger partial charge is 0.159 e. The molecule has 2 rings (SSSR count). The van der Waals surface area contributed by atoms with Gasteiger partial charge in [-0.3, -0.25) is 0 Å². The fraction of sp³-hybridized carbons (Fsp3) is 0.286. The first-order valence-electron chi connectivity index (χ1n) is 6.37. The highest BCUT2D eigenvalue weighted by molar-refractivity contribution is 6.36. The van der Waals surface area contributed by atoms with Crippen LogP contribution in [0.1, 0.15) is 20.8 Å². The highest BCUT2D eigenvalue weighted by atomic mass is 35.5. The van der Waals surface area contributed by atoms with Crippen molar-refractivity contribution < 1.29 is 0 Å². The molecule has 0 saturated heterocycles. The van der Waals surface area contributed by atoms with Crippen LogP contribution in [0.2, 0.25) is 10.0 Å². The lowest BCUT2D eigenvalue weighted by molar-refractivity contribution is 0.630. The fourth-order valence-corrected chi connectivity index (χ4v) is 2.12. The SMILES string of the molecule is CC(C)(C)Nc1ncnc(Nc2ccc(Cl)cc2Cl)c1N. The number of nitrogens with one attached hydrogen (secondary N) is 2. The second-order valence-corrected chi connectivity index (χ2v) is 6.45. The molecule has 7 heteroatoms. The number of nitrogen functional groups attached to an aromatic ring is 1. The number of aromatic nitrogens is 2. The Labute approximate surface area is 133 Å². The summed E-state index contributed by atoms with van der Waals surface area (Å²) in [6.45, 7) is 6.08. The van der Waals surface area contributed by atoms with Crippen molar-refractivity contribution in [2.75, 3.05) is 16.4 Å². The summed E-state index contributed by atoms with van der Waals surface area (Å²) in [5.41, 5.74) is 7.05. The van der Waals surface area contributed by atoms with Crippen molar-refractivity contribution in [2.45, 2.75) is 26.3 Å². The molecule has 0 aliphatic heterocycles. The Hall–Kier alpha value is -1.72. The van der Waals surface area contributed by atoms with E-state index in [1.807, 2.05) is 20.8 Å². The number of benzene rings is 1. The van der Waals surface area contributed by atoms with E-state index in [9.17, 15) is 0 Å². The van der Waals surface area contributed by atoms with Crippen molar-refractivity contribution in [1.82, 2.24) is 9.97 Å². The molecule has 1 aromatic carbocycles. The lowest BCUT2D eigenvalue weighted by atomic mass is 10.1. The Morgan fingerprint density at radius 3 is 2.38 bits per heavy atom. The van der Waals surface area contributed by atoms with Gasteiger partial charge in [-0.2, -0.15) is 0 Å². The van der Waals surface area contributed by atoms with Gasteiger partial charge < -0.3 is 16.4 Å². The zero-order chi connectivity index (χ0) is 15.6. The topological polar surface area (TPSA) is 75.9 Å². The monoisotopic (exact) mass is 325 g/mol. The van der Waals surface area contributed by atoms with Crippen LogP contribution >= 0.6 is 23.2 Å². The largest absolute Gasteiger partial charge is 0.393 e. The van der Waals surface area contributed by atoms with Crippen LogP contribution < -0.4 is 16.4 Å². The fourth-order valence-electron chi connectivity index (χ4n) is 1.67. The van der Waals surface area contributed by atoms with Gasteiger partial charge in [0.2, 0.25) is 0 Å². The van der Waals surface area contributed by atoms with Crippen LogP contribution in [0.4, 0.5) is 23.0 Å². The normalized spacial score (nSPS) is 11.3. The van der Waals surface area contributed by atoms with Crippen LogP contribution in [0, 0.1) is 0 Å². The molecular formula is C14H17Cl2N5. The Kier molecular flexibility index (Phi) is 4.44. The van der Waals surface area contributed by atoms with E-state index in [4.69, 9.17) is 28.9 Å². The van der Waals surface area contributed by atoms with Gasteiger partial charge in [-0.15, -0.1) is 0 Å². The highest BCUT2D eigenvalue weighted by Gasteiger charge is 2.15. The van der Waals surface area contributed by atoms with Crippen LogP contribution in [-0.2, 0) is 0 Å². The van der Waals surface area contributed by atoms with E-state index < -0.39 is 0 Å². The van der Waals surface area contributed by atoms with Crippen molar-refractivity contribution in [3.05, 3.63) is 34.6 Å². The average molecular weight is 326 g/mol. The molecule has 1 aromatic heterocycles. The summed E-state index contributed by atoms with van der Waals surface area (Å²) in [4.78, 5) is 8.31. The maximum absolute atomic E-state index is 6.13. The Bertz CT molecular complexity index is 652. The number of halogens is 2. The summed E-state index contributed by atoms with van der Waals surface area (Å²) in [5.74, 6) is 1.06. The third kappa shape index (κ3) is 4.12. The van der Waals surface area contributed by atoms with Crippen LogP contribution in [0.15, 0.2) is 24.5 Å². The van der Waals surface area contributed by atoms with E-state index in [1.165, 1.54) is 6.33 Å². The number of nitrogens with zero attached hydrogens (tertiary/aromatic N) is 2. The van der Waals surface area contributed by atoms with E-state index in [2.05, 4.69) is 20.6 Å². The van der Waals surface area contributed by atoms with Crippen molar-refractivity contribution in [1.29, 1.82) is 0 Å². The minimum Gasteiger partial charge on any atom is -0.393 e. The second kappa shape index (κ2) is 5.95. The average Bonchev–Trinajstić information content (AvgIpc) is 2.35. The summed E-state index contributed by atoms with van der Waals surface area (Å²) in [7, 11) is 0. The summed E-state index contributed by atoms with van der Waals surface area (Å²) in [6.07, 6.45) is 1.44. The Morgan fingerprint density at radius 1 is 1.10 bits per heavy atom. The molecule has 0 aliphatic carbocycles. The molecule has 1 heterocycles. The second-order valence-electron chi connectivity index (χ2n) is 5.61. The molecular weight excluding hydrogens is 309 g/mol. The molecule has 112 valence electrons. The molecule has 5 nitrogen and oxygen atoms in total. The zero-order valence-corrected chi connectivity index (χ0v) is 13.5. The number of rotatable bonds is 3. The van der Waals surface area contributed by atoms with Crippen LogP contribution in [0.25, 0.3) is 0 Å². The number of hydrogen-bond acceptors (Lipinski definition) is 5. The van der Waals surface area contributed by atoms with Gasteiger partial charge in [0.15, 0.2) is 11.6 Å². The van der Waals surface area contributed by atoms with Gasteiger partial charge in [0.05, 0.1) is 10.7 Å². The van der Waals surface area contributed by atoms with E-state index in [-0.39, 0.29) is 5.54 Å². The van der Waals surface area contributed by atoms with Crippen molar-refractivity contribution >= 4 is 46.2 Å². The predicted octanol–water partition coefficient (Wildman–Crippen LogP) is 4.32.